The maximum atomic E-state index is 5.55. The van der Waals surface area contributed by atoms with Gasteiger partial charge in [0.2, 0.25) is 0 Å². The van der Waals surface area contributed by atoms with Crippen molar-refractivity contribution in [1.29, 1.82) is 0 Å². The molecule has 1 unspecified atom stereocenters. The molecule has 2 heterocycles. The Balaban J connectivity index is 1.59. The van der Waals surface area contributed by atoms with Gasteiger partial charge in [0.1, 0.15) is 17.9 Å². The summed E-state index contributed by atoms with van der Waals surface area (Å²) >= 11 is 0. The summed E-state index contributed by atoms with van der Waals surface area (Å²) in [5.41, 5.74) is 3.97. The second-order valence-corrected chi connectivity index (χ2v) is 6.50. The smallest absolute Gasteiger partial charge is 0.135 e. The summed E-state index contributed by atoms with van der Waals surface area (Å²) in [7, 11) is 1.76. The maximum absolute atomic E-state index is 5.55. The molecule has 1 fully saturated rings. The van der Waals surface area contributed by atoms with E-state index in [0.717, 1.165) is 38.1 Å². The molecule has 0 bridgehead atoms. The zero-order valence-corrected chi connectivity index (χ0v) is 13.7. The third-order valence-electron chi connectivity index (χ3n) is 5.17. The van der Waals surface area contributed by atoms with E-state index >= 15 is 0 Å². The third kappa shape index (κ3) is 2.67. The summed E-state index contributed by atoms with van der Waals surface area (Å²) in [5, 5.41) is 0. The molecule has 2 aliphatic rings. The highest BCUT2D eigenvalue weighted by atomic mass is 16.5. The van der Waals surface area contributed by atoms with E-state index in [1.165, 1.54) is 35.5 Å². The largest absolute Gasteiger partial charge is 0.496 e. The molecule has 0 saturated carbocycles. The van der Waals surface area contributed by atoms with Crippen molar-refractivity contribution in [2.24, 2.45) is 0 Å². The molecule has 23 heavy (non-hydrogen) atoms. The SMILES string of the molecule is COc1ccccc1C1CCN(c2ncnc3c2CCCC3)C1. The lowest BCUT2D eigenvalue weighted by Gasteiger charge is -2.24. The molecule has 2 aromatic rings. The summed E-state index contributed by atoms with van der Waals surface area (Å²) < 4.78 is 5.55. The van der Waals surface area contributed by atoms with Crippen LogP contribution in [0.15, 0.2) is 30.6 Å². The molecule has 1 atom stereocenters. The van der Waals surface area contributed by atoms with Crippen molar-refractivity contribution < 1.29 is 4.74 Å². The lowest BCUT2D eigenvalue weighted by atomic mass is 9.96. The molecular formula is C19H23N3O. The van der Waals surface area contributed by atoms with Crippen LogP contribution in [-0.4, -0.2) is 30.2 Å². The van der Waals surface area contributed by atoms with Crippen LogP contribution >= 0.6 is 0 Å². The van der Waals surface area contributed by atoms with Crippen LogP contribution in [0.3, 0.4) is 0 Å². The van der Waals surface area contributed by atoms with Crippen molar-refractivity contribution in [1.82, 2.24) is 9.97 Å². The van der Waals surface area contributed by atoms with Crippen molar-refractivity contribution in [2.45, 2.75) is 38.0 Å². The molecule has 120 valence electrons. The van der Waals surface area contributed by atoms with Crippen molar-refractivity contribution in [3.8, 4) is 5.75 Å². The highest BCUT2D eigenvalue weighted by molar-refractivity contribution is 5.52. The van der Waals surface area contributed by atoms with E-state index in [4.69, 9.17) is 4.74 Å². The van der Waals surface area contributed by atoms with Crippen molar-refractivity contribution in [2.75, 3.05) is 25.1 Å². The van der Waals surface area contributed by atoms with Gasteiger partial charge in [0.15, 0.2) is 0 Å². The third-order valence-corrected chi connectivity index (χ3v) is 5.17. The highest BCUT2D eigenvalue weighted by Crippen LogP contribution is 2.37. The van der Waals surface area contributed by atoms with Gasteiger partial charge in [0.25, 0.3) is 0 Å². The van der Waals surface area contributed by atoms with Gasteiger partial charge in [0, 0.05) is 30.3 Å². The van der Waals surface area contributed by atoms with Gasteiger partial charge in [-0.15, -0.1) is 0 Å². The molecule has 4 heteroatoms. The quantitative estimate of drug-likeness (QED) is 0.871. The molecule has 1 aromatic heterocycles. The molecular weight excluding hydrogens is 286 g/mol. The highest BCUT2D eigenvalue weighted by Gasteiger charge is 2.29. The molecule has 0 spiro atoms. The van der Waals surface area contributed by atoms with Crippen LogP contribution in [0.5, 0.6) is 5.75 Å². The summed E-state index contributed by atoms with van der Waals surface area (Å²) in [5.74, 6) is 2.69. The van der Waals surface area contributed by atoms with Crippen LogP contribution in [-0.2, 0) is 12.8 Å². The van der Waals surface area contributed by atoms with E-state index < -0.39 is 0 Å². The molecule has 4 rings (SSSR count). The first-order valence-electron chi connectivity index (χ1n) is 8.57. The van der Waals surface area contributed by atoms with Gasteiger partial charge in [-0.2, -0.15) is 0 Å². The summed E-state index contributed by atoms with van der Waals surface area (Å²) in [6, 6.07) is 8.40. The first-order valence-corrected chi connectivity index (χ1v) is 8.57. The number of ether oxygens (including phenoxy) is 1. The van der Waals surface area contributed by atoms with Gasteiger partial charge in [0.05, 0.1) is 7.11 Å². The summed E-state index contributed by atoms with van der Waals surface area (Å²) in [6.07, 6.45) is 7.65. The van der Waals surface area contributed by atoms with Gasteiger partial charge in [-0.1, -0.05) is 18.2 Å². The van der Waals surface area contributed by atoms with Crippen LogP contribution in [0.25, 0.3) is 0 Å². The minimum Gasteiger partial charge on any atom is -0.496 e. The Bertz CT molecular complexity index is 701. The number of benzene rings is 1. The predicted molar refractivity (Wildman–Crippen MR) is 91.2 cm³/mol. The Labute approximate surface area is 137 Å². The first kappa shape index (κ1) is 14.5. The Morgan fingerprint density at radius 1 is 1.13 bits per heavy atom. The lowest BCUT2D eigenvalue weighted by Crippen LogP contribution is -2.24. The molecule has 1 aliphatic heterocycles. The number of hydrogen-bond donors (Lipinski definition) is 0. The van der Waals surface area contributed by atoms with Crippen molar-refractivity contribution in [3.05, 3.63) is 47.4 Å². The van der Waals surface area contributed by atoms with Gasteiger partial charge >= 0.3 is 0 Å². The average molecular weight is 309 g/mol. The topological polar surface area (TPSA) is 38.2 Å². The zero-order chi connectivity index (χ0) is 15.6. The fourth-order valence-electron chi connectivity index (χ4n) is 3.99. The fourth-order valence-corrected chi connectivity index (χ4v) is 3.99. The molecule has 4 nitrogen and oxygen atoms in total. The monoisotopic (exact) mass is 309 g/mol. The van der Waals surface area contributed by atoms with Gasteiger partial charge in [-0.05, 0) is 43.7 Å². The molecule has 0 N–H and O–H groups in total. The Hall–Kier alpha value is -2.10. The van der Waals surface area contributed by atoms with E-state index in [1.807, 2.05) is 6.07 Å². The number of aryl methyl sites for hydroxylation is 1. The van der Waals surface area contributed by atoms with Crippen LogP contribution in [0.1, 0.15) is 42.0 Å². The van der Waals surface area contributed by atoms with Crippen LogP contribution in [0.2, 0.25) is 0 Å². The standard InChI is InChI=1S/C19H23N3O/c1-23-18-9-5-3-6-15(18)14-10-11-22(12-14)19-16-7-2-4-8-17(16)20-13-21-19/h3,5-6,9,13-14H,2,4,7-8,10-12H2,1H3. The van der Waals surface area contributed by atoms with E-state index in [2.05, 4.69) is 33.1 Å². The predicted octanol–water partition coefficient (Wildman–Crippen LogP) is 3.36. The second-order valence-electron chi connectivity index (χ2n) is 6.50. The minimum atomic E-state index is 0.514. The van der Waals surface area contributed by atoms with Crippen LogP contribution in [0, 0.1) is 0 Å². The van der Waals surface area contributed by atoms with E-state index in [1.54, 1.807) is 13.4 Å². The lowest BCUT2D eigenvalue weighted by molar-refractivity contribution is 0.406. The number of rotatable bonds is 3. The maximum Gasteiger partial charge on any atom is 0.135 e. The van der Waals surface area contributed by atoms with Crippen LogP contribution in [0.4, 0.5) is 5.82 Å². The first-order chi connectivity index (χ1) is 11.4. The zero-order valence-electron chi connectivity index (χ0n) is 13.7. The number of methoxy groups -OCH3 is 1. The number of nitrogens with zero attached hydrogens (tertiary/aromatic N) is 3. The fraction of sp³-hybridized carbons (Fsp3) is 0.474. The van der Waals surface area contributed by atoms with Crippen molar-refractivity contribution >= 4 is 5.82 Å². The molecule has 1 aliphatic carbocycles. The molecule has 0 amide bonds. The minimum absolute atomic E-state index is 0.514. The molecule has 0 radical (unpaired) electrons. The van der Waals surface area contributed by atoms with Crippen LogP contribution < -0.4 is 9.64 Å². The van der Waals surface area contributed by atoms with E-state index in [0.29, 0.717) is 5.92 Å². The summed E-state index contributed by atoms with van der Waals surface area (Å²) in [4.78, 5) is 11.6. The van der Waals surface area contributed by atoms with Gasteiger partial charge in [-0.3, -0.25) is 0 Å². The Morgan fingerprint density at radius 3 is 2.91 bits per heavy atom. The van der Waals surface area contributed by atoms with Gasteiger partial charge in [-0.25, -0.2) is 9.97 Å². The number of para-hydroxylation sites is 1. The van der Waals surface area contributed by atoms with Gasteiger partial charge < -0.3 is 9.64 Å². The van der Waals surface area contributed by atoms with E-state index in [9.17, 15) is 0 Å². The van der Waals surface area contributed by atoms with Crippen molar-refractivity contribution in [3.63, 3.8) is 0 Å². The average Bonchev–Trinajstić information content (AvgIpc) is 3.11. The summed E-state index contributed by atoms with van der Waals surface area (Å²) in [6.45, 7) is 2.08. The Kier molecular flexibility index (Phi) is 3.90. The number of anilines is 1. The molecule has 1 aromatic carbocycles. The molecule has 1 saturated heterocycles. The number of fused-ring (bicyclic) bond motifs is 1. The normalized spacial score (nSPS) is 20.4. The Morgan fingerprint density at radius 2 is 2.00 bits per heavy atom. The van der Waals surface area contributed by atoms with E-state index in [-0.39, 0.29) is 0 Å². The second kappa shape index (κ2) is 6.19. The number of hydrogen-bond acceptors (Lipinski definition) is 4. The number of aromatic nitrogens is 2.